The van der Waals surface area contributed by atoms with Gasteiger partial charge >= 0.3 is 5.97 Å². The van der Waals surface area contributed by atoms with E-state index in [1.54, 1.807) is 24.3 Å². The topological polar surface area (TPSA) is 92.8 Å². The second-order valence-electron chi connectivity index (χ2n) is 6.39. The van der Waals surface area contributed by atoms with Crippen molar-refractivity contribution in [1.82, 2.24) is 4.31 Å². The van der Waals surface area contributed by atoms with Crippen molar-refractivity contribution in [3.63, 3.8) is 0 Å². The number of hydrogen-bond acceptors (Lipinski definition) is 5. The Bertz CT molecular complexity index is 748. The first-order valence-corrected chi connectivity index (χ1v) is 10.5. The van der Waals surface area contributed by atoms with Crippen LogP contribution in [0.15, 0.2) is 24.3 Å². The van der Waals surface area contributed by atoms with Crippen LogP contribution in [-0.2, 0) is 19.6 Å². The third-order valence-electron chi connectivity index (χ3n) is 4.49. The molecule has 0 aliphatic carbocycles. The van der Waals surface area contributed by atoms with Crippen molar-refractivity contribution in [3.8, 4) is 0 Å². The Kier molecular flexibility index (Phi) is 7.16. The van der Waals surface area contributed by atoms with Gasteiger partial charge in [0, 0.05) is 13.1 Å². The number of carbonyl (C=O) groups is 2. The standard InChI is InChI=1S/C18H26N2O5S/c1-3-4-12-26(23,24)20-11-7-8-14(13-20)17(21)19-16-10-6-5-9-15(16)18(22)25-2/h5-6,9-10,14H,3-4,7-8,11-13H2,1-2H3,(H,19,21)/t14-/m1/s1. The molecule has 1 aromatic carbocycles. The number of piperidine rings is 1. The highest BCUT2D eigenvalue weighted by Gasteiger charge is 2.32. The van der Waals surface area contributed by atoms with Gasteiger partial charge < -0.3 is 10.1 Å². The molecule has 1 amide bonds. The van der Waals surface area contributed by atoms with Crippen LogP contribution in [0.1, 0.15) is 43.0 Å². The minimum Gasteiger partial charge on any atom is -0.465 e. The molecule has 0 saturated carbocycles. The summed E-state index contributed by atoms with van der Waals surface area (Å²) in [5.41, 5.74) is 0.641. The van der Waals surface area contributed by atoms with E-state index >= 15 is 0 Å². The predicted molar refractivity (Wildman–Crippen MR) is 99.4 cm³/mol. The predicted octanol–water partition coefficient (Wildman–Crippen LogP) is 2.25. The molecule has 0 aromatic heterocycles. The van der Waals surface area contributed by atoms with Crippen LogP contribution in [0.3, 0.4) is 0 Å². The number of anilines is 1. The van der Waals surface area contributed by atoms with Crippen molar-refractivity contribution in [3.05, 3.63) is 29.8 Å². The fourth-order valence-corrected chi connectivity index (χ4v) is 4.71. The van der Waals surface area contributed by atoms with Crippen molar-refractivity contribution in [1.29, 1.82) is 0 Å². The van der Waals surface area contributed by atoms with Gasteiger partial charge in [0.25, 0.3) is 0 Å². The van der Waals surface area contributed by atoms with Gasteiger partial charge in [0.15, 0.2) is 0 Å². The number of esters is 1. The molecule has 1 fully saturated rings. The van der Waals surface area contributed by atoms with E-state index < -0.39 is 21.9 Å². The Hall–Kier alpha value is -1.93. The first kappa shape index (κ1) is 20.4. The first-order chi connectivity index (χ1) is 12.4. The van der Waals surface area contributed by atoms with Crippen LogP contribution in [0.25, 0.3) is 0 Å². The average molecular weight is 382 g/mol. The monoisotopic (exact) mass is 382 g/mol. The molecule has 2 rings (SSSR count). The third-order valence-corrected chi connectivity index (χ3v) is 6.42. The number of carbonyl (C=O) groups excluding carboxylic acids is 2. The highest BCUT2D eigenvalue weighted by Crippen LogP contribution is 2.23. The molecule has 8 heteroatoms. The summed E-state index contributed by atoms with van der Waals surface area (Å²) >= 11 is 0. The fourth-order valence-electron chi connectivity index (χ4n) is 2.98. The second-order valence-corrected chi connectivity index (χ2v) is 8.48. The summed E-state index contributed by atoms with van der Waals surface area (Å²) in [4.78, 5) is 24.4. The number of hydrogen-bond donors (Lipinski definition) is 1. The lowest BCUT2D eigenvalue weighted by Crippen LogP contribution is -2.44. The van der Waals surface area contributed by atoms with Gasteiger partial charge in [-0.05, 0) is 31.4 Å². The van der Waals surface area contributed by atoms with E-state index in [1.165, 1.54) is 11.4 Å². The maximum atomic E-state index is 12.6. The lowest BCUT2D eigenvalue weighted by Gasteiger charge is -2.31. The Morgan fingerprint density at radius 3 is 2.73 bits per heavy atom. The van der Waals surface area contributed by atoms with E-state index in [2.05, 4.69) is 5.32 Å². The highest BCUT2D eigenvalue weighted by molar-refractivity contribution is 7.89. The van der Waals surface area contributed by atoms with E-state index in [4.69, 9.17) is 4.74 Å². The number of sulfonamides is 1. The minimum absolute atomic E-state index is 0.114. The summed E-state index contributed by atoms with van der Waals surface area (Å²) in [6.07, 6.45) is 2.68. The summed E-state index contributed by atoms with van der Waals surface area (Å²) in [5.74, 6) is -1.14. The van der Waals surface area contributed by atoms with E-state index in [0.29, 0.717) is 31.5 Å². The largest absolute Gasteiger partial charge is 0.465 e. The van der Waals surface area contributed by atoms with E-state index in [0.717, 1.165) is 6.42 Å². The molecule has 1 N–H and O–H groups in total. The molecule has 1 saturated heterocycles. The Morgan fingerprint density at radius 2 is 2.04 bits per heavy atom. The molecule has 1 atom stereocenters. The SMILES string of the molecule is CCCCS(=O)(=O)N1CCC[C@@H](C(=O)Nc2ccccc2C(=O)OC)C1. The molecule has 7 nitrogen and oxygen atoms in total. The van der Waals surface area contributed by atoms with Gasteiger partial charge in [0.05, 0.1) is 30.0 Å². The van der Waals surface area contributed by atoms with Crippen molar-refractivity contribution >= 4 is 27.6 Å². The lowest BCUT2D eigenvalue weighted by atomic mass is 9.98. The van der Waals surface area contributed by atoms with E-state index in [1.807, 2.05) is 6.92 Å². The van der Waals surface area contributed by atoms with E-state index in [-0.39, 0.29) is 23.8 Å². The number of amides is 1. The molecule has 0 unspecified atom stereocenters. The Balaban J connectivity index is 2.07. The van der Waals surface area contributed by atoms with Gasteiger partial charge in [-0.1, -0.05) is 25.5 Å². The zero-order chi connectivity index (χ0) is 19.2. The second kappa shape index (κ2) is 9.14. The van der Waals surface area contributed by atoms with Crippen LogP contribution < -0.4 is 5.32 Å². The number of ether oxygens (including phenoxy) is 1. The summed E-state index contributed by atoms with van der Waals surface area (Å²) in [6.45, 7) is 2.58. The van der Waals surface area contributed by atoms with Gasteiger partial charge in [-0.2, -0.15) is 0 Å². The van der Waals surface area contributed by atoms with Crippen LogP contribution in [0, 0.1) is 5.92 Å². The molecule has 0 radical (unpaired) electrons. The van der Waals surface area contributed by atoms with Crippen LogP contribution in [0.4, 0.5) is 5.69 Å². The molecular weight excluding hydrogens is 356 g/mol. The maximum Gasteiger partial charge on any atom is 0.339 e. The molecule has 1 aromatic rings. The summed E-state index contributed by atoms with van der Waals surface area (Å²) in [6, 6.07) is 6.60. The summed E-state index contributed by atoms with van der Waals surface area (Å²) in [5, 5.41) is 2.75. The van der Waals surface area contributed by atoms with Crippen LogP contribution in [-0.4, -0.2) is 50.6 Å². The number of unbranched alkanes of at least 4 members (excludes halogenated alkanes) is 1. The van der Waals surface area contributed by atoms with Crippen LogP contribution in [0.5, 0.6) is 0 Å². The molecule has 26 heavy (non-hydrogen) atoms. The Morgan fingerprint density at radius 1 is 1.31 bits per heavy atom. The zero-order valence-corrected chi connectivity index (χ0v) is 16.0. The van der Waals surface area contributed by atoms with Crippen LogP contribution >= 0.6 is 0 Å². The molecule has 1 heterocycles. The van der Waals surface area contributed by atoms with Gasteiger partial charge in [0.1, 0.15) is 0 Å². The van der Waals surface area contributed by atoms with Gasteiger partial charge in [0.2, 0.25) is 15.9 Å². The number of para-hydroxylation sites is 1. The number of methoxy groups -OCH3 is 1. The molecule has 144 valence electrons. The van der Waals surface area contributed by atoms with Crippen molar-refractivity contribution in [2.75, 3.05) is 31.3 Å². The van der Waals surface area contributed by atoms with Crippen molar-refractivity contribution in [2.45, 2.75) is 32.6 Å². The molecule has 0 bridgehead atoms. The maximum absolute atomic E-state index is 12.6. The van der Waals surface area contributed by atoms with Gasteiger partial charge in [-0.15, -0.1) is 0 Å². The zero-order valence-electron chi connectivity index (χ0n) is 15.2. The quantitative estimate of drug-likeness (QED) is 0.730. The number of rotatable bonds is 7. The lowest BCUT2D eigenvalue weighted by molar-refractivity contribution is -0.120. The molecule has 1 aliphatic rings. The number of nitrogens with one attached hydrogen (secondary N) is 1. The van der Waals surface area contributed by atoms with Crippen LogP contribution in [0.2, 0.25) is 0 Å². The smallest absolute Gasteiger partial charge is 0.339 e. The summed E-state index contributed by atoms with van der Waals surface area (Å²) in [7, 11) is -2.05. The highest BCUT2D eigenvalue weighted by atomic mass is 32.2. The van der Waals surface area contributed by atoms with Gasteiger partial charge in [-0.25, -0.2) is 17.5 Å². The normalized spacial score (nSPS) is 18.3. The molecule has 1 aliphatic heterocycles. The third kappa shape index (κ3) is 5.04. The molecular formula is C18H26N2O5S. The summed E-state index contributed by atoms with van der Waals surface area (Å²) < 4.78 is 30.9. The van der Waals surface area contributed by atoms with Crippen molar-refractivity contribution < 1.29 is 22.7 Å². The average Bonchev–Trinajstić information content (AvgIpc) is 2.66. The number of benzene rings is 1. The van der Waals surface area contributed by atoms with Crippen molar-refractivity contribution in [2.24, 2.45) is 5.92 Å². The van der Waals surface area contributed by atoms with Gasteiger partial charge in [-0.3, -0.25) is 4.79 Å². The van der Waals surface area contributed by atoms with E-state index in [9.17, 15) is 18.0 Å². The molecule has 0 spiro atoms. The fraction of sp³-hybridized carbons (Fsp3) is 0.556. The Labute approximate surface area is 154 Å². The number of nitrogens with zero attached hydrogens (tertiary/aromatic N) is 1. The first-order valence-electron chi connectivity index (χ1n) is 8.85. The minimum atomic E-state index is -3.33.